The quantitative estimate of drug-likeness (QED) is 0.326. The lowest BCUT2D eigenvalue weighted by atomic mass is 10.4. The first-order valence-corrected chi connectivity index (χ1v) is 10.1. The van der Waals surface area contributed by atoms with E-state index in [1.54, 1.807) is 11.3 Å². The number of hydrogen-bond acceptors (Lipinski definition) is 4. The third-order valence-electron chi connectivity index (χ3n) is 3.42. The van der Waals surface area contributed by atoms with Gasteiger partial charge in [0.05, 0.1) is 10.7 Å². The molecule has 0 aliphatic rings. The number of benzene rings is 1. The monoisotopic (exact) mass is 362 g/mol. The fraction of sp³-hybridized carbons (Fsp3) is 0.444. The Hall–Kier alpha value is -1.53. The fourth-order valence-corrected chi connectivity index (χ4v) is 3.82. The van der Waals surface area contributed by atoms with Gasteiger partial charge in [-0.3, -0.25) is 4.99 Å². The van der Waals surface area contributed by atoms with Gasteiger partial charge in [-0.15, -0.1) is 23.1 Å². The largest absolute Gasteiger partial charge is 0.357 e. The number of rotatable bonds is 8. The number of aliphatic imine (C=N–C) groups is 1. The highest BCUT2D eigenvalue weighted by Gasteiger charge is 2.03. The molecular weight excluding hydrogens is 336 g/mol. The van der Waals surface area contributed by atoms with E-state index in [2.05, 4.69) is 65.6 Å². The van der Waals surface area contributed by atoms with E-state index in [4.69, 9.17) is 0 Å². The van der Waals surface area contributed by atoms with Crippen LogP contribution in [0.5, 0.6) is 0 Å². The first-order valence-electron chi connectivity index (χ1n) is 8.32. The minimum Gasteiger partial charge on any atom is -0.357 e. The fourth-order valence-electron chi connectivity index (χ4n) is 2.11. The maximum Gasteiger partial charge on any atom is 0.191 e. The van der Waals surface area contributed by atoms with E-state index in [1.165, 1.54) is 14.8 Å². The zero-order chi connectivity index (χ0) is 17.2. The molecule has 1 heterocycles. The molecule has 130 valence electrons. The van der Waals surface area contributed by atoms with E-state index < -0.39 is 0 Å². The molecule has 1 aromatic heterocycles. The van der Waals surface area contributed by atoms with Crippen LogP contribution in [-0.2, 0) is 6.42 Å². The van der Waals surface area contributed by atoms with Crippen LogP contribution in [0.15, 0.2) is 40.2 Å². The van der Waals surface area contributed by atoms with E-state index >= 15 is 0 Å². The molecule has 0 aliphatic heterocycles. The zero-order valence-corrected chi connectivity index (χ0v) is 16.3. The van der Waals surface area contributed by atoms with Gasteiger partial charge in [0.2, 0.25) is 0 Å². The van der Waals surface area contributed by atoms with Gasteiger partial charge in [-0.25, -0.2) is 4.98 Å². The number of hydrogen-bond donors (Lipinski definition) is 2. The lowest BCUT2D eigenvalue weighted by Crippen LogP contribution is -2.38. The van der Waals surface area contributed by atoms with Crippen molar-refractivity contribution in [1.29, 1.82) is 0 Å². The highest BCUT2D eigenvalue weighted by molar-refractivity contribution is 7.99. The topological polar surface area (TPSA) is 49.3 Å². The second-order valence-electron chi connectivity index (χ2n) is 5.35. The molecule has 1 aromatic carbocycles. The van der Waals surface area contributed by atoms with Crippen molar-refractivity contribution in [1.82, 2.24) is 15.6 Å². The molecule has 24 heavy (non-hydrogen) atoms. The van der Waals surface area contributed by atoms with Crippen molar-refractivity contribution in [2.24, 2.45) is 4.99 Å². The van der Waals surface area contributed by atoms with E-state index in [0.29, 0.717) is 0 Å². The molecule has 2 aromatic rings. The molecular formula is C18H26N4S2. The number of guanidine groups is 1. The van der Waals surface area contributed by atoms with Gasteiger partial charge in [0, 0.05) is 41.6 Å². The Bertz CT molecular complexity index is 618. The molecule has 2 N–H and O–H groups in total. The van der Waals surface area contributed by atoms with Crippen molar-refractivity contribution in [2.75, 3.05) is 25.4 Å². The summed E-state index contributed by atoms with van der Waals surface area (Å²) in [4.78, 5) is 11.8. The van der Waals surface area contributed by atoms with Crippen LogP contribution in [0, 0.1) is 13.8 Å². The lowest BCUT2D eigenvalue weighted by molar-refractivity contribution is 0.834. The van der Waals surface area contributed by atoms with Gasteiger partial charge in [-0.05, 0) is 32.9 Å². The van der Waals surface area contributed by atoms with Crippen molar-refractivity contribution < 1.29 is 0 Å². The van der Waals surface area contributed by atoms with Crippen LogP contribution >= 0.6 is 23.1 Å². The molecule has 0 saturated heterocycles. The summed E-state index contributed by atoms with van der Waals surface area (Å²) in [6.45, 7) is 8.79. The summed E-state index contributed by atoms with van der Waals surface area (Å²) in [6.07, 6.45) is 0.898. The van der Waals surface area contributed by atoms with Crippen molar-refractivity contribution in [2.45, 2.75) is 32.1 Å². The van der Waals surface area contributed by atoms with Gasteiger partial charge >= 0.3 is 0 Å². The normalized spacial score (nSPS) is 11.5. The van der Waals surface area contributed by atoms with E-state index in [0.717, 1.165) is 43.5 Å². The third kappa shape index (κ3) is 6.53. The molecule has 0 saturated carbocycles. The Morgan fingerprint density at radius 1 is 1.21 bits per heavy atom. The summed E-state index contributed by atoms with van der Waals surface area (Å²) < 4.78 is 0. The lowest BCUT2D eigenvalue weighted by Gasteiger charge is -2.11. The highest BCUT2D eigenvalue weighted by Crippen LogP contribution is 2.17. The van der Waals surface area contributed by atoms with Crippen molar-refractivity contribution in [3.8, 4) is 0 Å². The third-order valence-corrected chi connectivity index (χ3v) is 5.57. The molecule has 0 unspecified atom stereocenters. The predicted molar refractivity (Wildman–Crippen MR) is 106 cm³/mol. The maximum absolute atomic E-state index is 4.64. The van der Waals surface area contributed by atoms with Crippen LogP contribution < -0.4 is 10.6 Å². The van der Waals surface area contributed by atoms with Crippen LogP contribution in [0.2, 0.25) is 0 Å². The summed E-state index contributed by atoms with van der Waals surface area (Å²) in [7, 11) is 0. The number of thioether (sulfide) groups is 1. The number of nitrogens with zero attached hydrogens (tertiary/aromatic N) is 2. The second-order valence-corrected chi connectivity index (χ2v) is 7.80. The van der Waals surface area contributed by atoms with Crippen LogP contribution in [0.3, 0.4) is 0 Å². The van der Waals surface area contributed by atoms with Gasteiger partial charge in [-0.2, -0.15) is 0 Å². The van der Waals surface area contributed by atoms with Gasteiger partial charge in [0.15, 0.2) is 5.96 Å². The molecule has 0 spiro atoms. The van der Waals surface area contributed by atoms with Crippen molar-refractivity contribution in [3.05, 3.63) is 45.9 Å². The molecule has 0 fully saturated rings. The summed E-state index contributed by atoms with van der Waals surface area (Å²) in [6, 6.07) is 10.5. The SMILES string of the molecule is CCNC(=NCCc1nc(C)c(C)s1)NCCSc1ccccc1. The standard InChI is InChI=1S/C18H26N4S2/c1-4-19-18(20-11-10-17-22-14(2)15(3)24-17)21-12-13-23-16-8-6-5-7-9-16/h5-9H,4,10-13H2,1-3H3,(H2,19,20,21). The highest BCUT2D eigenvalue weighted by atomic mass is 32.2. The first-order chi connectivity index (χ1) is 11.7. The van der Waals surface area contributed by atoms with E-state index in [1.807, 2.05) is 17.8 Å². The van der Waals surface area contributed by atoms with Crippen LogP contribution in [0.4, 0.5) is 0 Å². The molecule has 2 rings (SSSR count). The van der Waals surface area contributed by atoms with Crippen LogP contribution in [-0.4, -0.2) is 36.3 Å². The van der Waals surface area contributed by atoms with Gasteiger partial charge in [-0.1, -0.05) is 18.2 Å². The summed E-state index contributed by atoms with van der Waals surface area (Å²) in [5, 5.41) is 7.86. The second kappa shape index (κ2) is 10.4. The first kappa shape index (κ1) is 18.8. The summed E-state index contributed by atoms with van der Waals surface area (Å²) in [5.74, 6) is 1.90. The zero-order valence-electron chi connectivity index (χ0n) is 14.6. The Kier molecular flexibility index (Phi) is 8.12. The van der Waals surface area contributed by atoms with Gasteiger partial charge in [0.1, 0.15) is 0 Å². The molecule has 0 amide bonds. The molecule has 0 radical (unpaired) electrons. The number of thiazole rings is 1. The van der Waals surface area contributed by atoms with E-state index in [9.17, 15) is 0 Å². The smallest absolute Gasteiger partial charge is 0.191 e. The predicted octanol–water partition coefficient (Wildman–Crippen LogP) is 3.65. The minimum atomic E-state index is 0.757. The number of aromatic nitrogens is 1. The van der Waals surface area contributed by atoms with Crippen LogP contribution in [0.1, 0.15) is 22.5 Å². The Morgan fingerprint density at radius 2 is 2.00 bits per heavy atom. The average molecular weight is 363 g/mol. The minimum absolute atomic E-state index is 0.757. The van der Waals surface area contributed by atoms with Gasteiger partial charge < -0.3 is 10.6 Å². The molecule has 0 aliphatic carbocycles. The van der Waals surface area contributed by atoms with Gasteiger partial charge in [0.25, 0.3) is 0 Å². The number of aryl methyl sites for hydroxylation is 2. The Labute approximate surface area is 153 Å². The molecule has 6 heteroatoms. The van der Waals surface area contributed by atoms with Crippen LogP contribution in [0.25, 0.3) is 0 Å². The molecule has 0 bridgehead atoms. The summed E-state index contributed by atoms with van der Waals surface area (Å²) in [5.41, 5.74) is 1.14. The van der Waals surface area contributed by atoms with Crippen molar-refractivity contribution >= 4 is 29.1 Å². The summed E-state index contributed by atoms with van der Waals surface area (Å²) >= 11 is 3.63. The van der Waals surface area contributed by atoms with E-state index in [-0.39, 0.29) is 0 Å². The average Bonchev–Trinajstić information content (AvgIpc) is 2.90. The maximum atomic E-state index is 4.64. The number of nitrogens with one attached hydrogen (secondary N) is 2. The van der Waals surface area contributed by atoms with Crippen molar-refractivity contribution in [3.63, 3.8) is 0 Å². The molecule has 4 nitrogen and oxygen atoms in total. The Morgan fingerprint density at radius 3 is 2.67 bits per heavy atom. The molecule has 0 atom stereocenters. The Balaban J connectivity index is 1.73.